The summed E-state index contributed by atoms with van der Waals surface area (Å²) in [6.07, 6.45) is 3.26. The maximum atomic E-state index is 13.3. The lowest BCUT2D eigenvalue weighted by Gasteiger charge is -2.17. The Kier molecular flexibility index (Phi) is 7.41. The van der Waals surface area contributed by atoms with Crippen LogP contribution in [0.1, 0.15) is 15.9 Å². The lowest BCUT2D eigenvalue weighted by molar-refractivity contribution is -0.137. The summed E-state index contributed by atoms with van der Waals surface area (Å²) < 4.78 is 6.85. The minimum Gasteiger partial charge on any atom is -0.496 e. The van der Waals surface area contributed by atoms with E-state index in [1.54, 1.807) is 74.0 Å². The molecule has 0 saturated carbocycles. The van der Waals surface area contributed by atoms with Crippen LogP contribution in [-0.2, 0) is 16.0 Å². The number of nitrogens with one attached hydrogen (secondary N) is 1. The number of nitrogens with two attached hydrogens (primary N) is 1. The van der Waals surface area contributed by atoms with Gasteiger partial charge in [0.2, 0.25) is 5.78 Å². The molecule has 2 aromatic heterocycles. The fourth-order valence-electron chi connectivity index (χ4n) is 3.69. The van der Waals surface area contributed by atoms with Gasteiger partial charge in [0.25, 0.3) is 11.8 Å². The van der Waals surface area contributed by atoms with E-state index in [9.17, 15) is 14.4 Å². The van der Waals surface area contributed by atoms with E-state index in [0.717, 1.165) is 5.56 Å². The van der Waals surface area contributed by atoms with Gasteiger partial charge >= 0.3 is 0 Å². The number of Topliss-reactive ketones (excluding diaryl/α,β-unsaturated/α-hetero) is 1. The molecular weight excluding hydrogens is 482 g/mol. The van der Waals surface area contributed by atoms with Crippen LogP contribution >= 0.6 is 11.6 Å². The van der Waals surface area contributed by atoms with Gasteiger partial charge < -0.3 is 15.8 Å². The third kappa shape index (κ3) is 5.42. The second-order valence-electron chi connectivity index (χ2n) is 7.81. The SMILES string of the molecule is COc1ccc(Cl)cc1-c1ccn(-c2ncccc2C(=O)NC(Cc2ccccc2)C(=O)C(N)=O)n1. The number of nitrogens with zero attached hydrogens (tertiary/aromatic N) is 3. The summed E-state index contributed by atoms with van der Waals surface area (Å²) in [4.78, 5) is 41.7. The van der Waals surface area contributed by atoms with Crippen molar-refractivity contribution in [1.29, 1.82) is 0 Å². The van der Waals surface area contributed by atoms with Crippen LogP contribution in [0.15, 0.2) is 79.1 Å². The predicted molar refractivity (Wildman–Crippen MR) is 134 cm³/mol. The number of rotatable bonds is 9. The van der Waals surface area contributed by atoms with Crippen molar-refractivity contribution in [2.75, 3.05) is 7.11 Å². The number of ether oxygens (including phenoxy) is 1. The highest BCUT2D eigenvalue weighted by molar-refractivity contribution is 6.38. The van der Waals surface area contributed by atoms with Crippen LogP contribution < -0.4 is 15.8 Å². The average molecular weight is 504 g/mol. The average Bonchev–Trinajstić information content (AvgIpc) is 3.38. The van der Waals surface area contributed by atoms with Gasteiger partial charge in [0.1, 0.15) is 11.8 Å². The van der Waals surface area contributed by atoms with Crippen molar-refractivity contribution in [2.24, 2.45) is 5.73 Å². The first kappa shape index (κ1) is 24.6. The van der Waals surface area contributed by atoms with Crippen molar-refractivity contribution < 1.29 is 19.1 Å². The lowest BCUT2D eigenvalue weighted by atomic mass is 10.0. The van der Waals surface area contributed by atoms with Crippen LogP contribution in [0.2, 0.25) is 5.02 Å². The van der Waals surface area contributed by atoms with Gasteiger partial charge in [-0.15, -0.1) is 0 Å². The molecule has 0 radical (unpaired) electrons. The molecule has 0 fully saturated rings. The van der Waals surface area contributed by atoms with Gasteiger partial charge in [-0.25, -0.2) is 9.67 Å². The first-order chi connectivity index (χ1) is 17.4. The fraction of sp³-hybridized carbons (Fsp3) is 0.115. The van der Waals surface area contributed by atoms with Gasteiger partial charge in [0, 0.05) is 29.4 Å². The second-order valence-corrected chi connectivity index (χ2v) is 8.25. The van der Waals surface area contributed by atoms with Gasteiger partial charge in [0.05, 0.1) is 18.4 Å². The Morgan fingerprint density at radius 2 is 1.86 bits per heavy atom. The number of ketones is 1. The van der Waals surface area contributed by atoms with E-state index < -0.39 is 23.6 Å². The van der Waals surface area contributed by atoms with E-state index >= 15 is 0 Å². The molecule has 0 spiro atoms. The van der Waals surface area contributed by atoms with Crippen molar-refractivity contribution in [3.8, 4) is 22.8 Å². The van der Waals surface area contributed by atoms with Gasteiger partial charge in [-0.2, -0.15) is 5.10 Å². The summed E-state index contributed by atoms with van der Waals surface area (Å²) in [5.74, 6) is -1.82. The zero-order valence-corrected chi connectivity index (χ0v) is 20.0. The molecule has 4 rings (SSSR count). The maximum absolute atomic E-state index is 13.3. The molecule has 1 unspecified atom stereocenters. The van der Waals surface area contributed by atoms with Gasteiger partial charge in [0.15, 0.2) is 5.82 Å². The molecule has 9 nitrogen and oxygen atoms in total. The van der Waals surface area contributed by atoms with Crippen LogP contribution in [0.4, 0.5) is 0 Å². The molecule has 0 aliphatic rings. The summed E-state index contributed by atoms with van der Waals surface area (Å²) in [6.45, 7) is 0. The normalized spacial score (nSPS) is 11.5. The second kappa shape index (κ2) is 10.8. The quantitative estimate of drug-likeness (QED) is 0.338. The zero-order chi connectivity index (χ0) is 25.7. The number of pyridine rings is 1. The Morgan fingerprint density at radius 1 is 1.08 bits per heavy atom. The molecule has 1 atom stereocenters. The lowest BCUT2D eigenvalue weighted by Crippen LogP contribution is -2.47. The standard InChI is InChI=1S/C26H22ClN5O4/c1-36-22-10-9-17(27)15-19(22)20-11-13-32(31-20)25-18(8-5-12-29-25)26(35)30-21(23(33)24(28)34)14-16-6-3-2-4-7-16/h2-13,15,21H,14H2,1H3,(H2,28,34)(H,30,35). The highest BCUT2D eigenvalue weighted by Crippen LogP contribution is 2.31. The van der Waals surface area contributed by atoms with Crippen molar-refractivity contribution in [3.05, 3.63) is 95.3 Å². The number of methoxy groups -OCH3 is 1. The summed E-state index contributed by atoms with van der Waals surface area (Å²) in [5.41, 5.74) is 7.37. The summed E-state index contributed by atoms with van der Waals surface area (Å²) >= 11 is 6.15. The number of hydrogen-bond donors (Lipinski definition) is 2. The molecule has 4 aromatic rings. The predicted octanol–water partition coefficient (Wildman–Crippen LogP) is 2.99. The third-order valence-corrected chi connectivity index (χ3v) is 5.66. The van der Waals surface area contributed by atoms with Crippen LogP contribution in [0.3, 0.4) is 0 Å². The summed E-state index contributed by atoms with van der Waals surface area (Å²) in [6, 6.07) is 17.9. The number of benzene rings is 2. The monoisotopic (exact) mass is 503 g/mol. The van der Waals surface area contributed by atoms with E-state index in [4.69, 9.17) is 22.1 Å². The van der Waals surface area contributed by atoms with Crippen LogP contribution in [0.5, 0.6) is 5.75 Å². The van der Waals surface area contributed by atoms with Gasteiger partial charge in [-0.3, -0.25) is 14.4 Å². The molecule has 182 valence electrons. The Morgan fingerprint density at radius 3 is 2.58 bits per heavy atom. The highest BCUT2D eigenvalue weighted by atomic mass is 35.5. The number of amides is 2. The van der Waals surface area contributed by atoms with Crippen LogP contribution in [0.25, 0.3) is 17.1 Å². The molecule has 36 heavy (non-hydrogen) atoms. The number of carbonyl (C=O) groups is 3. The van der Waals surface area contributed by atoms with Crippen LogP contribution in [0, 0.1) is 0 Å². The molecule has 0 aliphatic carbocycles. The Balaban J connectivity index is 1.64. The molecule has 0 saturated heterocycles. The Hall–Kier alpha value is -4.50. The smallest absolute Gasteiger partial charge is 0.287 e. The first-order valence-electron chi connectivity index (χ1n) is 10.9. The number of primary amides is 1. The Bertz CT molecular complexity index is 1420. The number of hydrogen-bond acceptors (Lipinski definition) is 6. The molecule has 2 amide bonds. The number of carbonyl (C=O) groups excluding carboxylic acids is 3. The van der Waals surface area contributed by atoms with Crippen molar-refractivity contribution in [1.82, 2.24) is 20.1 Å². The molecule has 3 N–H and O–H groups in total. The molecule has 2 heterocycles. The number of aromatic nitrogens is 3. The molecule has 2 aromatic carbocycles. The van der Waals surface area contributed by atoms with Crippen molar-refractivity contribution in [3.63, 3.8) is 0 Å². The van der Waals surface area contributed by atoms with Crippen LogP contribution in [-0.4, -0.2) is 45.5 Å². The van der Waals surface area contributed by atoms with E-state index in [-0.39, 0.29) is 17.8 Å². The van der Waals surface area contributed by atoms with E-state index in [1.165, 1.54) is 10.9 Å². The van der Waals surface area contributed by atoms with E-state index in [0.29, 0.717) is 22.0 Å². The highest BCUT2D eigenvalue weighted by Gasteiger charge is 2.27. The minimum atomic E-state index is -1.14. The molecule has 0 bridgehead atoms. The third-order valence-electron chi connectivity index (χ3n) is 5.42. The molecular formula is C26H22ClN5O4. The topological polar surface area (TPSA) is 129 Å². The fourth-order valence-corrected chi connectivity index (χ4v) is 3.86. The van der Waals surface area contributed by atoms with Crippen molar-refractivity contribution in [2.45, 2.75) is 12.5 Å². The minimum absolute atomic E-state index is 0.102. The van der Waals surface area contributed by atoms with Gasteiger partial charge in [-0.1, -0.05) is 41.9 Å². The molecule has 10 heteroatoms. The summed E-state index contributed by atoms with van der Waals surface area (Å²) in [5, 5.41) is 7.69. The summed E-state index contributed by atoms with van der Waals surface area (Å²) in [7, 11) is 1.55. The maximum Gasteiger partial charge on any atom is 0.287 e. The Labute approximate surface area is 211 Å². The first-order valence-corrected chi connectivity index (χ1v) is 11.3. The molecule has 0 aliphatic heterocycles. The van der Waals surface area contributed by atoms with Crippen molar-refractivity contribution >= 4 is 29.2 Å². The zero-order valence-electron chi connectivity index (χ0n) is 19.2. The van der Waals surface area contributed by atoms with E-state index in [1.807, 2.05) is 6.07 Å². The van der Waals surface area contributed by atoms with E-state index in [2.05, 4.69) is 15.4 Å². The number of halogens is 1. The largest absolute Gasteiger partial charge is 0.496 e. The van der Waals surface area contributed by atoms with Gasteiger partial charge in [-0.05, 0) is 42.0 Å².